The quantitative estimate of drug-likeness (QED) is 0.780. The third-order valence-corrected chi connectivity index (χ3v) is 4.07. The molecule has 0 aromatic carbocycles. The lowest BCUT2D eigenvalue weighted by Gasteiger charge is -1.96. The Balaban J connectivity index is 1.89. The molecule has 0 bridgehead atoms. The van der Waals surface area contributed by atoms with Crippen molar-refractivity contribution in [2.45, 2.75) is 39.2 Å². The number of hydrogen-bond donors (Lipinski definition) is 1. The smallest absolute Gasteiger partial charge is 0.0827 e. The van der Waals surface area contributed by atoms with Crippen molar-refractivity contribution < 1.29 is 0 Å². The summed E-state index contributed by atoms with van der Waals surface area (Å²) in [6, 6.07) is 4.37. The Bertz CT molecular complexity index is 475. The van der Waals surface area contributed by atoms with E-state index in [1.165, 1.54) is 9.75 Å². The molecule has 0 fully saturated rings. The Morgan fingerprint density at radius 1 is 1.28 bits per heavy atom. The van der Waals surface area contributed by atoms with Crippen LogP contribution in [0, 0.1) is 0 Å². The number of thiophene rings is 1. The van der Waals surface area contributed by atoms with E-state index in [2.05, 4.69) is 29.4 Å². The van der Waals surface area contributed by atoms with Gasteiger partial charge in [-0.2, -0.15) is 0 Å². The van der Waals surface area contributed by atoms with Crippen molar-refractivity contribution in [3.8, 4) is 0 Å². The maximum Gasteiger partial charge on any atom is 0.0827 e. The molecule has 0 spiro atoms. The molecular formula is C13H20N4S. The minimum atomic E-state index is 0.753. The molecule has 0 atom stereocenters. The highest BCUT2D eigenvalue weighted by molar-refractivity contribution is 7.11. The zero-order valence-electron chi connectivity index (χ0n) is 10.8. The number of hydrogen-bond acceptors (Lipinski definition) is 4. The molecule has 18 heavy (non-hydrogen) atoms. The fourth-order valence-corrected chi connectivity index (χ4v) is 2.79. The van der Waals surface area contributed by atoms with Gasteiger partial charge in [0.1, 0.15) is 0 Å². The van der Waals surface area contributed by atoms with Gasteiger partial charge in [0.2, 0.25) is 0 Å². The maximum absolute atomic E-state index is 5.48. The lowest BCUT2D eigenvalue weighted by atomic mass is 10.2. The molecule has 0 saturated heterocycles. The highest BCUT2D eigenvalue weighted by Crippen LogP contribution is 2.17. The number of aryl methyl sites for hydroxylation is 2. The number of unbranched alkanes of at least 4 members (excludes halogenated alkanes) is 1. The molecule has 0 aliphatic carbocycles. The fraction of sp³-hybridized carbons (Fsp3) is 0.538. The molecule has 0 aliphatic rings. The van der Waals surface area contributed by atoms with E-state index < -0.39 is 0 Å². The van der Waals surface area contributed by atoms with Crippen molar-refractivity contribution >= 4 is 11.3 Å². The van der Waals surface area contributed by atoms with Gasteiger partial charge in [-0.05, 0) is 44.4 Å². The molecule has 2 N–H and O–H groups in total. The third kappa shape index (κ3) is 3.65. The summed E-state index contributed by atoms with van der Waals surface area (Å²) in [5.41, 5.74) is 6.54. The molecule has 0 aliphatic heterocycles. The molecule has 2 heterocycles. The topological polar surface area (TPSA) is 56.7 Å². The van der Waals surface area contributed by atoms with Gasteiger partial charge < -0.3 is 5.73 Å². The average Bonchev–Trinajstić information content (AvgIpc) is 3.00. The molecule has 98 valence electrons. The Hall–Kier alpha value is -1.20. The van der Waals surface area contributed by atoms with Gasteiger partial charge in [-0.15, -0.1) is 16.4 Å². The SMILES string of the molecule is CCc1ccc(Cn2cc(CCCCN)nn2)s1. The molecule has 5 heteroatoms. The summed E-state index contributed by atoms with van der Waals surface area (Å²) in [4.78, 5) is 2.76. The predicted octanol–water partition coefficient (Wildman–Crippen LogP) is 2.23. The van der Waals surface area contributed by atoms with Crippen LogP contribution in [0.4, 0.5) is 0 Å². The predicted molar refractivity (Wildman–Crippen MR) is 74.8 cm³/mol. The number of nitrogens with two attached hydrogens (primary N) is 1. The van der Waals surface area contributed by atoms with Gasteiger partial charge >= 0.3 is 0 Å². The Labute approximate surface area is 112 Å². The zero-order chi connectivity index (χ0) is 12.8. The van der Waals surface area contributed by atoms with Gasteiger partial charge in [0, 0.05) is 16.0 Å². The summed E-state index contributed by atoms with van der Waals surface area (Å²) in [5, 5.41) is 8.36. The average molecular weight is 264 g/mol. The van der Waals surface area contributed by atoms with E-state index in [1.807, 2.05) is 22.2 Å². The number of rotatable bonds is 7. The lowest BCUT2D eigenvalue weighted by molar-refractivity contribution is 0.654. The van der Waals surface area contributed by atoms with Crippen LogP contribution in [0.2, 0.25) is 0 Å². The van der Waals surface area contributed by atoms with E-state index in [1.54, 1.807) is 0 Å². The number of nitrogens with zero attached hydrogens (tertiary/aromatic N) is 3. The minimum absolute atomic E-state index is 0.753. The Kier molecular flexibility index (Phi) is 4.90. The second-order valence-corrected chi connectivity index (χ2v) is 5.63. The minimum Gasteiger partial charge on any atom is -0.330 e. The van der Waals surface area contributed by atoms with Crippen LogP contribution in [-0.4, -0.2) is 21.5 Å². The van der Waals surface area contributed by atoms with Crippen molar-refractivity contribution in [2.75, 3.05) is 6.54 Å². The van der Waals surface area contributed by atoms with Crippen LogP contribution in [0.25, 0.3) is 0 Å². The largest absolute Gasteiger partial charge is 0.330 e. The van der Waals surface area contributed by atoms with Gasteiger partial charge in [-0.3, -0.25) is 0 Å². The summed E-state index contributed by atoms with van der Waals surface area (Å²) in [6.45, 7) is 3.76. The Morgan fingerprint density at radius 2 is 2.11 bits per heavy atom. The van der Waals surface area contributed by atoms with E-state index in [4.69, 9.17) is 5.73 Å². The van der Waals surface area contributed by atoms with Crippen molar-refractivity contribution in [1.29, 1.82) is 0 Å². The third-order valence-electron chi connectivity index (χ3n) is 2.86. The zero-order valence-corrected chi connectivity index (χ0v) is 11.6. The van der Waals surface area contributed by atoms with Crippen LogP contribution in [0.3, 0.4) is 0 Å². The molecule has 2 aromatic rings. The van der Waals surface area contributed by atoms with Crippen molar-refractivity contribution in [1.82, 2.24) is 15.0 Å². The first-order chi connectivity index (χ1) is 8.81. The van der Waals surface area contributed by atoms with Gasteiger partial charge in [0.25, 0.3) is 0 Å². The van der Waals surface area contributed by atoms with E-state index in [9.17, 15) is 0 Å². The van der Waals surface area contributed by atoms with Gasteiger partial charge in [-0.25, -0.2) is 4.68 Å². The summed E-state index contributed by atoms with van der Waals surface area (Å²) in [6.07, 6.45) is 6.27. The van der Waals surface area contributed by atoms with Crippen molar-refractivity contribution in [3.63, 3.8) is 0 Å². The van der Waals surface area contributed by atoms with E-state index >= 15 is 0 Å². The van der Waals surface area contributed by atoms with Crippen LogP contribution in [0.5, 0.6) is 0 Å². The van der Waals surface area contributed by atoms with Crippen LogP contribution >= 0.6 is 11.3 Å². The fourth-order valence-electron chi connectivity index (χ4n) is 1.84. The van der Waals surface area contributed by atoms with E-state index in [0.717, 1.165) is 44.5 Å². The van der Waals surface area contributed by atoms with Gasteiger partial charge in [0.15, 0.2) is 0 Å². The maximum atomic E-state index is 5.48. The van der Waals surface area contributed by atoms with Crippen LogP contribution in [0.1, 0.15) is 35.2 Å². The summed E-state index contributed by atoms with van der Waals surface area (Å²) in [5.74, 6) is 0. The van der Waals surface area contributed by atoms with Crippen molar-refractivity contribution in [3.05, 3.63) is 33.8 Å². The molecule has 0 radical (unpaired) electrons. The summed E-state index contributed by atoms with van der Waals surface area (Å²) >= 11 is 1.85. The molecular weight excluding hydrogens is 244 g/mol. The normalized spacial score (nSPS) is 11.0. The molecule has 0 unspecified atom stereocenters. The first kappa shape index (κ1) is 13.2. The molecule has 4 nitrogen and oxygen atoms in total. The second-order valence-electron chi connectivity index (χ2n) is 4.37. The standard InChI is InChI=1S/C13H20N4S/c1-2-12-6-7-13(18-12)10-17-9-11(15-16-17)5-3-4-8-14/h6-7,9H,2-5,8,10,14H2,1H3. The highest BCUT2D eigenvalue weighted by Gasteiger charge is 2.03. The second kappa shape index (κ2) is 6.66. The van der Waals surface area contributed by atoms with Gasteiger partial charge in [0.05, 0.1) is 12.2 Å². The molecule has 0 amide bonds. The van der Waals surface area contributed by atoms with Crippen LogP contribution in [-0.2, 0) is 19.4 Å². The Morgan fingerprint density at radius 3 is 2.83 bits per heavy atom. The first-order valence-corrected chi connectivity index (χ1v) is 7.30. The summed E-state index contributed by atoms with van der Waals surface area (Å²) < 4.78 is 1.92. The van der Waals surface area contributed by atoms with Crippen molar-refractivity contribution in [2.24, 2.45) is 5.73 Å². The van der Waals surface area contributed by atoms with E-state index in [0.29, 0.717) is 0 Å². The van der Waals surface area contributed by atoms with E-state index in [-0.39, 0.29) is 0 Å². The molecule has 2 rings (SSSR count). The molecule has 0 saturated carbocycles. The summed E-state index contributed by atoms with van der Waals surface area (Å²) in [7, 11) is 0. The monoisotopic (exact) mass is 264 g/mol. The molecule has 2 aromatic heterocycles. The lowest BCUT2D eigenvalue weighted by Crippen LogP contribution is -1.99. The van der Waals surface area contributed by atoms with Crippen LogP contribution in [0.15, 0.2) is 18.3 Å². The highest BCUT2D eigenvalue weighted by atomic mass is 32.1. The number of aromatic nitrogens is 3. The van der Waals surface area contributed by atoms with Crippen LogP contribution < -0.4 is 5.73 Å². The van der Waals surface area contributed by atoms with Gasteiger partial charge in [-0.1, -0.05) is 12.1 Å². The first-order valence-electron chi connectivity index (χ1n) is 6.48.